The molecule has 0 aromatic heterocycles. The molecule has 4 nitrogen and oxygen atoms in total. The summed E-state index contributed by atoms with van der Waals surface area (Å²) < 4.78 is 5.06. The Balaban J connectivity index is 4.04. The number of carbonyl (C=O) groups is 2. The van der Waals surface area contributed by atoms with E-state index in [2.05, 4.69) is 16.6 Å². The fraction of sp³-hybridized carbons (Fsp3) is 0.500. The van der Waals surface area contributed by atoms with E-state index in [9.17, 15) is 9.59 Å². The fourth-order valence-corrected chi connectivity index (χ4v) is 2.67. The second-order valence-electron chi connectivity index (χ2n) is 3.42. The van der Waals surface area contributed by atoms with Crippen LogP contribution in [0, 0.1) is 0 Å². The normalized spacial score (nSPS) is 12.9. The fourth-order valence-electron chi connectivity index (χ4n) is 1.15. The highest BCUT2D eigenvalue weighted by Crippen LogP contribution is 2.21. The number of methoxy groups -OCH3 is 1. The Morgan fingerprint density at radius 3 is 2.74 bits per heavy atom. The number of carbonyl (C=O) groups excluding carboxylic acids is 2. The van der Waals surface area contributed by atoms with Crippen molar-refractivity contribution in [3.05, 3.63) is 23.1 Å². The standard InChI is InChI=1S/C12H18ClNO3S2/c1-4-5-10(13)19-11(15)6-7-14-9(8-18-3)12(16)17-2/h4-5,9,14H,1,6-8H2,2-3H3/b10-5-. The Morgan fingerprint density at radius 1 is 1.53 bits per heavy atom. The van der Waals surface area contributed by atoms with Crippen LogP contribution in [-0.2, 0) is 14.3 Å². The van der Waals surface area contributed by atoms with E-state index in [4.69, 9.17) is 11.6 Å². The van der Waals surface area contributed by atoms with E-state index < -0.39 is 6.04 Å². The first-order valence-corrected chi connectivity index (χ1v) is 8.13. The highest BCUT2D eigenvalue weighted by Gasteiger charge is 2.18. The Kier molecular flexibility index (Phi) is 11.1. The Morgan fingerprint density at radius 2 is 2.21 bits per heavy atom. The molecule has 19 heavy (non-hydrogen) atoms. The van der Waals surface area contributed by atoms with Crippen LogP contribution in [0.4, 0.5) is 0 Å². The minimum Gasteiger partial charge on any atom is -0.468 e. The monoisotopic (exact) mass is 323 g/mol. The molecule has 0 heterocycles. The number of halogens is 1. The average Bonchev–Trinajstić information content (AvgIpc) is 2.37. The molecule has 0 radical (unpaired) electrons. The van der Waals surface area contributed by atoms with Gasteiger partial charge in [-0.15, -0.1) is 0 Å². The van der Waals surface area contributed by atoms with Crippen molar-refractivity contribution in [2.75, 3.05) is 25.7 Å². The largest absolute Gasteiger partial charge is 0.468 e. The third-order valence-electron chi connectivity index (χ3n) is 2.00. The zero-order chi connectivity index (χ0) is 14.7. The molecule has 0 fully saturated rings. The summed E-state index contributed by atoms with van der Waals surface area (Å²) in [4.78, 5) is 23.0. The molecular formula is C12H18ClNO3S2. The lowest BCUT2D eigenvalue weighted by Crippen LogP contribution is -2.40. The van der Waals surface area contributed by atoms with E-state index in [0.29, 0.717) is 16.7 Å². The molecule has 0 amide bonds. The molecular weight excluding hydrogens is 306 g/mol. The maximum atomic E-state index is 11.5. The van der Waals surface area contributed by atoms with Crippen LogP contribution in [0.1, 0.15) is 6.42 Å². The second kappa shape index (κ2) is 11.4. The molecule has 1 N–H and O–H groups in total. The zero-order valence-electron chi connectivity index (χ0n) is 11.0. The summed E-state index contributed by atoms with van der Waals surface area (Å²) in [5.41, 5.74) is 0. The van der Waals surface area contributed by atoms with E-state index in [-0.39, 0.29) is 17.5 Å². The predicted octanol–water partition coefficient (Wildman–Crippen LogP) is 2.40. The molecule has 0 saturated heterocycles. The molecule has 1 unspecified atom stereocenters. The average molecular weight is 324 g/mol. The SMILES string of the molecule is C=C/C=C(/Cl)SC(=O)CCNC(CSC)C(=O)OC. The molecule has 0 rings (SSSR count). The predicted molar refractivity (Wildman–Crippen MR) is 83.5 cm³/mol. The molecule has 0 aliphatic rings. The van der Waals surface area contributed by atoms with Gasteiger partial charge in [-0.2, -0.15) is 11.8 Å². The molecule has 0 saturated carbocycles. The van der Waals surface area contributed by atoms with Gasteiger partial charge in [0.1, 0.15) is 6.04 Å². The third kappa shape index (κ3) is 9.15. The van der Waals surface area contributed by atoms with E-state index in [0.717, 1.165) is 11.8 Å². The van der Waals surface area contributed by atoms with Crippen molar-refractivity contribution in [1.29, 1.82) is 0 Å². The van der Waals surface area contributed by atoms with Gasteiger partial charge in [0.05, 0.1) is 11.5 Å². The van der Waals surface area contributed by atoms with Gasteiger partial charge in [-0.3, -0.25) is 9.59 Å². The second-order valence-corrected chi connectivity index (χ2v) is 6.06. The number of ether oxygens (including phenoxy) is 1. The number of hydrogen-bond donors (Lipinski definition) is 1. The van der Waals surface area contributed by atoms with Crippen LogP contribution in [0.5, 0.6) is 0 Å². The molecule has 0 bridgehead atoms. The van der Waals surface area contributed by atoms with Crippen LogP contribution in [0.3, 0.4) is 0 Å². The van der Waals surface area contributed by atoms with Crippen molar-refractivity contribution in [3.8, 4) is 0 Å². The summed E-state index contributed by atoms with van der Waals surface area (Å²) >= 11 is 8.27. The minimum absolute atomic E-state index is 0.0663. The van der Waals surface area contributed by atoms with Crippen molar-refractivity contribution in [2.24, 2.45) is 0 Å². The molecule has 108 valence electrons. The molecule has 0 spiro atoms. The van der Waals surface area contributed by atoms with Crippen LogP contribution in [0.25, 0.3) is 0 Å². The maximum absolute atomic E-state index is 11.5. The lowest BCUT2D eigenvalue weighted by Gasteiger charge is -2.14. The van der Waals surface area contributed by atoms with Gasteiger partial charge in [-0.25, -0.2) is 0 Å². The van der Waals surface area contributed by atoms with Gasteiger partial charge in [-0.1, -0.05) is 24.3 Å². The van der Waals surface area contributed by atoms with Gasteiger partial charge < -0.3 is 10.1 Å². The number of allylic oxidation sites excluding steroid dienone is 2. The molecule has 7 heteroatoms. The summed E-state index contributed by atoms with van der Waals surface area (Å²) in [5.74, 6) is 0.282. The first-order valence-electron chi connectivity index (χ1n) is 5.54. The highest BCUT2D eigenvalue weighted by atomic mass is 35.5. The van der Waals surface area contributed by atoms with E-state index in [1.165, 1.54) is 24.9 Å². The first-order chi connectivity index (χ1) is 9.04. The van der Waals surface area contributed by atoms with E-state index >= 15 is 0 Å². The zero-order valence-corrected chi connectivity index (χ0v) is 13.4. The smallest absolute Gasteiger partial charge is 0.323 e. The summed E-state index contributed by atoms with van der Waals surface area (Å²) in [6.45, 7) is 3.90. The molecule has 0 aliphatic carbocycles. The number of esters is 1. The van der Waals surface area contributed by atoms with Gasteiger partial charge in [0, 0.05) is 18.7 Å². The van der Waals surface area contributed by atoms with Gasteiger partial charge in [0.2, 0.25) is 0 Å². The number of hydrogen-bond acceptors (Lipinski definition) is 6. The summed E-state index contributed by atoms with van der Waals surface area (Å²) in [5, 5.41) is 2.93. The number of nitrogens with one attached hydrogen (secondary N) is 1. The van der Waals surface area contributed by atoms with Crippen molar-refractivity contribution in [1.82, 2.24) is 5.32 Å². The lowest BCUT2D eigenvalue weighted by atomic mass is 10.3. The van der Waals surface area contributed by atoms with E-state index in [1.54, 1.807) is 6.08 Å². The van der Waals surface area contributed by atoms with Crippen molar-refractivity contribution in [2.45, 2.75) is 12.5 Å². The van der Waals surface area contributed by atoms with Crippen LogP contribution in [0.2, 0.25) is 0 Å². The maximum Gasteiger partial charge on any atom is 0.323 e. The summed E-state index contributed by atoms with van der Waals surface area (Å²) in [6.07, 6.45) is 5.27. The van der Waals surface area contributed by atoms with Crippen molar-refractivity contribution in [3.63, 3.8) is 0 Å². The van der Waals surface area contributed by atoms with Crippen LogP contribution >= 0.6 is 35.1 Å². The minimum atomic E-state index is -0.392. The number of rotatable bonds is 9. The first kappa shape index (κ1) is 18.6. The van der Waals surface area contributed by atoms with Gasteiger partial charge in [0.15, 0.2) is 5.12 Å². The van der Waals surface area contributed by atoms with Crippen LogP contribution < -0.4 is 5.32 Å². The van der Waals surface area contributed by atoms with Crippen LogP contribution in [-0.4, -0.2) is 42.8 Å². The molecule has 0 aliphatic heterocycles. The van der Waals surface area contributed by atoms with Gasteiger partial charge >= 0.3 is 5.97 Å². The molecule has 1 atom stereocenters. The van der Waals surface area contributed by atoms with Crippen molar-refractivity contribution < 1.29 is 14.3 Å². The lowest BCUT2D eigenvalue weighted by molar-refractivity contribution is -0.142. The quantitative estimate of drug-likeness (QED) is 0.519. The Bertz CT molecular complexity index is 348. The highest BCUT2D eigenvalue weighted by molar-refractivity contribution is 8.18. The van der Waals surface area contributed by atoms with Gasteiger partial charge in [0.25, 0.3) is 0 Å². The molecule has 0 aromatic rings. The number of thioether (sulfide) groups is 2. The van der Waals surface area contributed by atoms with E-state index in [1.807, 2.05) is 6.26 Å². The Labute approximate surface area is 127 Å². The van der Waals surface area contributed by atoms with Crippen LogP contribution in [0.15, 0.2) is 23.1 Å². The van der Waals surface area contributed by atoms with Gasteiger partial charge in [-0.05, 0) is 24.1 Å². The van der Waals surface area contributed by atoms with Crippen molar-refractivity contribution >= 4 is 46.2 Å². The summed E-state index contributed by atoms with van der Waals surface area (Å²) in [6, 6.07) is -0.392. The summed E-state index contributed by atoms with van der Waals surface area (Å²) in [7, 11) is 1.35. The molecule has 0 aromatic carbocycles. The third-order valence-corrected chi connectivity index (χ3v) is 3.79. The topological polar surface area (TPSA) is 55.4 Å². The Hall–Kier alpha value is -0.430.